The fourth-order valence-corrected chi connectivity index (χ4v) is 1.70. The van der Waals surface area contributed by atoms with Gasteiger partial charge in [0.2, 0.25) is 5.95 Å². The van der Waals surface area contributed by atoms with Crippen molar-refractivity contribution >= 4 is 21.9 Å². The van der Waals surface area contributed by atoms with E-state index in [-0.39, 0.29) is 0 Å². The van der Waals surface area contributed by atoms with Crippen molar-refractivity contribution in [2.24, 2.45) is 0 Å². The van der Waals surface area contributed by atoms with Gasteiger partial charge < -0.3 is 9.73 Å². The lowest BCUT2D eigenvalue weighted by Gasteiger charge is -2.12. The van der Waals surface area contributed by atoms with Crippen molar-refractivity contribution in [3.63, 3.8) is 0 Å². The van der Waals surface area contributed by atoms with E-state index < -0.39 is 0 Å². The first-order valence-electron chi connectivity index (χ1n) is 5.50. The molecule has 0 aliphatic rings. The van der Waals surface area contributed by atoms with Gasteiger partial charge in [0.1, 0.15) is 5.76 Å². The van der Waals surface area contributed by atoms with Crippen LogP contribution in [0.2, 0.25) is 0 Å². The maximum Gasteiger partial charge on any atom is 0.222 e. The number of nitrogens with one attached hydrogen (secondary N) is 1. The summed E-state index contributed by atoms with van der Waals surface area (Å²) >= 11 is 3.30. The van der Waals surface area contributed by atoms with Crippen LogP contribution in [0.25, 0.3) is 0 Å². The van der Waals surface area contributed by atoms with Crippen LogP contribution in [-0.2, 0) is 6.42 Å². The summed E-state index contributed by atoms with van der Waals surface area (Å²) in [5.41, 5.74) is 0. The average molecular weight is 296 g/mol. The lowest BCUT2D eigenvalue weighted by atomic mass is 10.1. The fraction of sp³-hybridized carbons (Fsp3) is 0.333. The third kappa shape index (κ3) is 3.85. The Bertz CT molecular complexity index is 441. The molecule has 0 saturated carbocycles. The SMILES string of the molecule is CC(CCc1ccco1)Nc1ncc(Br)cn1. The monoisotopic (exact) mass is 295 g/mol. The van der Waals surface area contributed by atoms with Crippen molar-refractivity contribution in [1.82, 2.24) is 9.97 Å². The Morgan fingerprint density at radius 2 is 2.18 bits per heavy atom. The summed E-state index contributed by atoms with van der Waals surface area (Å²) < 4.78 is 6.17. The summed E-state index contributed by atoms with van der Waals surface area (Å²) in [5.74, 6) is 1.66. The molecule has 0 saturated heterocycles. The minimum absolute atomic E-state index is 0.307. The van der Waals surface area contributed by atoms with Gasteiger partial charge in [-0.2, -0.15) is 0 Å². The number of anilines is 1. The van der Waals surface area contributed by atoms with Crippen molar-refractivity contribution in [2.45, 2.75) is 25.8 Å². The Morgan fingerprint density at radius 1 is 1.41 bits per heavy atom. The molecular weight excluding hydrogens is 282 g/mol. The third-order valence-corrected chi connectivity index (χ3v) is 2.81. The number of hydrogen-bond acceptors (Lipinski definition) is 4. The molecule has 0 amide bonds. The van der Waals surface area contributed by atoms with E-state index in [1.54, 1.807) is 18.7 Å². The zero-order valence-corrected chi connectivity index (χ0v) is 11.1. The first kappa shape index (κ1) is 12.1. The normalized spacial score (nSPS) is 12.4. The number of rotatable bonds is 5. The molecule has 2 rings (SSSR count). The maximum atomic E-state index is 5.28. The molecule has 17 heavy (non-hydrogen) atoms. The molecule has 2 heterocycles. The molecule has 4 nitrogen and oxygen atoms in total. The molecule has 0 aliphatic heterocycles. The van der Waals surface area contributed by atoms with E-state index in [0.717, 1.165) is 23.1 Å². The van der Waals surface area contributed by atoms with E-state index in [0.29, 0.717) is 12.0 Å². The van der Waals surface area contributed by atoms with Crippen molar-refractivity contribution < 1.29 is 4.42 Å². The lowest BCUT2D eigenvalue weighted by molar-refractivity contribution is 0.494. The smallest absolute Gasteiger partial charge is 0.222 e. The van der Waals surface area contributed by atoms with Crippen LogP contribution in [0.3, 0.4) is 0 Å². The second-order valence-electron chi connectivity index (χ2n) is 3.89. The summed E-state index contributed by atoms with van der Waals surface area (Å²) in [5, 5.41) is 3.25. The minimum atomic E-state index is 0.307. The Morgan fingerprint density at radius 3 is 2.82 bits per heavy atom. The van der Waals surface area contributed by atoms with Gasteiger partial charge in [0.05, 0.1) is 10.7 Å². The average Bonchev–Trinajstić information content (AvgIpc) is 2.83. The number of aromatic nitrogens is 2. The largest absolute Gasteiger partial charge is 0.469 e. The van der Waals surface area contributed by atoms with Gasteiger partial charge in [-0.3, -0.25) is 0 Å². The van der Waals surface area contributed by atoms with Crippen LogP contribution in [0.5, 0.6) is 0 Å². The summed E-state index contributed by atoms with van der Waals surface area (Å²) in [6.45, 7) is 2.11. The molecule has 90 valence electrons. The Kier molecular flexibility index (Phi) is 4.14. The number of aryl methyl sites for hydroxylation is 1. The molecule has 0 radical (unpaired) electrons. The van der Waals surface area contributed by atoms with Crippen LogP contribution >= 0.6 is 15.9 Å². The molecule has 2 aromatic heterocycles. The van der Waals surface area contributed by atoms with Gasteiger partial charge >= 0.3 is 0 Å². The Labute approximate surface area is 109 Å². The van der Waals surface area contributed by atoms with E-state index >= 15 is 0 Å². The molecule has 5 heteroatoms. The Balaban J connectivity index is 1.80. The van der Waals surface area contributed by atoms with E-state index in [2.05, 4.69) is 38.1 Å². The highest BCUT2D eigenvalue weighted by molar-refractivity contribution is 9.10. The summed E-state index contributed by atoms with van der Waals surface area (Å²) in [7, 11) is 0. The predicted octanol–water partition coefficient (Wildman–Crippen LogP) is 3.27. The lowest BCUT2D eigenvalue weighted by Crippen LogP contribution is -2.17. The second kappa shape index (κ2) is 5.82. The molecule has 1 N–H and O–H groups in total. The molecule has 0 bridgehead atoms. The highest BCUT2D eigenvalue weighted by Gasteiger charge is 2.05. The van der Waals surface area contributed by atoms with Crippen molar-refractivity contribution in [3.8, 4) is 0 Å². The van der Waals surface area contributed by atoms with E-state index in [4.69, 9.17) is 4.42 Å². The standard InChI is InChI=1S/C12H14BrN3O/c1-9(4-5-11-3-2-6-17-11)16-12-14-7-10(13)8-15-12/h2-3,6-9H,4-5H2,1H3,(H,14,15,16). The molecule has 0 aromatic carbocycles. The van der Waals surface area contributed by atoms with Gasteiger partial charge in [-0.25, -0.2) is 9.97 Å². The van der Waals surface area contributed by atoms with Gasteiger partial charge in [0, 0.05) is 24.9 Å². The molecular formula is C12H14BrN3O. The van der Waals surface area contributed by atoms with Crippen LogP contribution in [0.4, 0.5) is 5.95 Å². The Hall–Kier alpha value is -1.36. The quantitative estimate of drug-likeness (QED) is 0.920. The number of hydrogen-bond donors (Lipinski definition) is 1. The third-order valence-electron chi connectivity index (χ3n) is 2.40. The maximum absolute atomic E-state index is 5.28. The van der Waals surface area contributed by atoms with Gasteiger partial charge in [-0.1, -0.05) is 0 Å². The summed E-state index contributed by atoms with van der Waals surface area (Å²) in [6.07, 6.45) is 7.05. The van der Waals surface area contributed by atoms with Gasteiger partial charge in [-0.05, 0) is 41.4 Å². The minimum Gasteiger partial charge on any atom is -0.469 e. The first-order chi connectivity index (χ1) is 8.24. The van der Waals surface area contributed by atoms with Gasteiger partial charge in [0.15, 0.2) is 0 Å². The van der Waals surface area contributed by atoms with Crippen LogP contribution in [0.15, 0.2) is 39.7 Å². The molecule has 0 fully saturated rings. The van der Waals surface area contributed by atoms with Crippen LogP contribution in [0.1, 0.15) is 19.1 Å². The fourth-order valence-electron chi connectivity index (χ4n) is 1.49. The van der Waals surface area contributed by atoms with Crippen LogP contribution in [-0.4, -0.2) is 16.0 Å². The number of furan rings is 1. The van der Waals surface area contributed by atoms with Crippen LogP contribution < -0.4 is 5.32 Å². The van der Waals surface area contributed by atoms with E-state index in [1.165, 1.54) is 0 Å². The molecule has 1 atom stereocenters. The summed E-state index contributed by atoms with van der Waals surface area (Å²) in [4.78, 5) is 8.34. The molecule has 0 spiro atoms. The van der Waals surface area contributed by atoms with Gasteiger partial charge in [-0.15, -0.1) is 0 Å². The molecule has 1 unspecified atom stereocenters. The van der Waals surface area contributed by atoms with Gasteiger partial charge in [0.25, 0.3) is 0 Å². The highest BCUT2D eigenvalue weighted by Crippen LogP contribution is 2.10. The topological polar surface area (TPSA) is 51.0 Å². The predicted molar refractivity (Wildman–Crippen MR) is 69.8 cm³/mol. The second-order valence-corrected chi connectivity index (χ2v) is 4.80. The number of nitrogens with zero attached hydrogens (tertiary/aromatic N) is 2. The summed E-state index contributed by atoms with van der Waals surface area (Å²) in [6, 6.07) is 4.20. The zero-order chi connectivity index (χ0) is 12.1. The highest BCUT2D eigenvalue weighted by atomic mass is 79.9. The molecule has 0 aliphatic carbocycles. The zero-order valence-electron chi connectivity index (χ0n) is 9.56. The number of halogens is 1. The molecule has 2 aromatic rings. The van der Waals surface area contributed by atoms with Crippen molar-refractivity contribution in [1.29, 1.82) is 0 Å². The van der Waals surface area contributed by atoms with E-state index in [1.807, 2.05) is 12.1 Å². The van der Waals surface area contributed by atoms with E-state index in [9.17, 15) is 0 Å². The van der Waals surface area contributed by atoms with Crippen LogP contribution in [0, 0.1) is 0 Å². The van der Waals surface area contributed by atoms with Crippen molar-refractivity contribution in [2.75, 3.05) is 5.32 Å². The van der Waals surface area contributed by atoms with Crippen molar-refractivity contribution in [3.05, 3.63) is 41.0 Å². The first-order valence-corrected chi connectivity index (χ1v) is 6.30.